The van der Waals surface area contributed by atoms with Gasteiger partial charge in [-0.2, -0.15) is 13.2 Å². The number of hydrogen-bond donors (Lipinski definition) is 2. The van der Waals surface area contributed by atoms with E-state index < -0.39 is 11.7 Å². The van der Waals surface area contributed by atoms with Crippen molar-refractivity contribution in [1.82, 2.24) is 0 Å². The van der Waals surface area contributed by atoms with Crippen LogP contribution in [0.2, 0.25) is 0 Å². The quantitative estimate of drug-likeness (QED) is 0.628. The van der Waals surface area contributed by atoms with E-state index in [4.69, 9.17) is 5.11 Å². The molecule has 1 aromatic rings. The topological polar surface area (TPSA) is 20.2 Å². The zero-order valence-corrected chi connectivity index (χ0v) is 7.58. The van der Waals surface area contributed by atoms with Gasteiger partial charge in [-0.3, -0.25) is 0 Å². The molecule has 0 heterocycles. The molecule has 0 saturated carbocycles. The van der Waals surface area contributed by atoms with E-state index in [-0.39, 0.29) is 16.2 Å². The maximum atomic E-state index is 12.2. The van der Waals surface area contributed by atoms with Crippen molar-refractivity contribution in [2.24, 2.45) is 0 Å². The molecule has 1 rings (SSSR count). The molecular weight excluding hydrogens is 201 g/mol. The summed E-state index contributed by atoms with van der Waals surface area (Å²) in [5.74, 6) is -0.242. The number of phenols is 1. The number of alkyl halides is 3. The highest BCUT2D eigenvalue weighted by atomic mass is 32.1. The maximum Gasteiger partial charge on any atom is 0.416 e. The Kier molecular flexibility index (Phi) is 2.47. The van der Waals surface area contributed by atoms with Crippen molar-refractivity contribution in [3.63, 3.8) is 0 Å². The molecule has 0 spiro atoms. The fourth-order valence-electron chi connectivity index (χ4n) is 0.993. The van der Waals surface area contributed by atoms with Gasteiger partial charge in [0, 0.05) is 4.90 Å². The van der Waals surface area contributed by atoms with Crippen LogP contribution in [0.25, 0.3) is 0 Å². The largest absolute Gasteiger partial charge is 0.507 e. The third kappa shape index (κ3) is 1.91. The highest BCUT2D eigenvalue weighted by Gasteiger charge is 2.33. The molecule has 0 radical (unpaired) electrons. The third-order valence-corrected chi connectivity index (χ3v) is 2.28. The van der Waals surface area contributed by atoms with Gasteiger partial charge < -0.3 is 5.11 Å². The van der Waals surface area contributed by atoms with Crippen molar-refractivity contribution in [3.8, 4) is 5.75 Å². The summed E-state index contributed by atoms with van der Waals surface area (Å²) in [4.78, 5) is -0.0326. The summed E-state index contributed by atoms with van der Waals surface area (Å²) >= 11 is 3.76. The highest BCUT2D eigenvalue weighted by Crippen LogP contribution is 2.37. The van der Waals surface area contributed by atoms with E-state index in [1.165, 1.54) is 6.92 Å². The average molecular weight is 208 g/mol. The first-order valence-electron chi connectivity index (χ1n) is 3.42. The zero-order chi connectivity index (χ0) is 10.2. The molecule has 0 fully saturated rings. The maximum absolute atomic E-state index is 12.2. The summed E-state index contributed by atoms with van der Waals surface area (Å²) in [6.45, 7) is 1.27. The highest BCUT2D eigenvalue weighted by molar-refractivity contribution is 7.80. The van der Waals surface area contributed by atoms with E-state index >= 15 is 0 Å². The number of phenolic OH excluding ortho intramolecular Hbond substituents is 1. The summed E-state index contributed by atoms with van der Waals surface area (Å²) in [5.41, 5.74) is -0.828. The van der Waals surface area contributed by atoms with E-state index in [2.05, 4.69) is 12.6 Å². The molecule has 0 unspecified atom stereocenters. The van der Waals surface area contributed by atoms with Crippen LogP contribution in [0.1, 0.15) is 11.1 Å². The van der Waals surface area contributed by atoms with Gasteiger partial charge in [0.15, 0.2) is 0 Å². The first-order chi connectivity index (χ1) is 5.84. The number of aromatic hydroxyl groups is 1. The Labute approximate surface area is 78.6 Å². The molecule has 0 amide bonds. The first-order valence-corrected chi connectivity index (χ1v) is 3.87. The van der Waals surface area contributed by atoms with E-state index in [0.717, 1.165) is 12.1 Å². The lowest BCUT2D eigenvalue weighted by molar-refractivity contribution is -0.138. The van der Waals surface area contributed by atoms with Crippen molar-refractivity contribution in [1.29, 1.82) is 0 Å². The predicted octanol–water partition coefficient (Wildman–Crippen LogP) is 3.01. The Balaban J connectivity index is 3.35. The van der Waals surface area contributed by atoms with Gasteiger partial charge in [0.05, 0.1) is 5.56 Å². The van der Waals surface area contributed by atoms with Crippen molar-refractivity contribution >= 4 is 12.6 Å². The summed E-state index contributed by atoms with van der Waals surface area (Å²) in [7, 11) is 0. The molecule has 0 saturated heterocycles. The van der Waals surface area contributed by atoms with Gasteiger partial charge in [-0.25, -0.2) is 0 Å². The average Bonchev–Trinajstić information content (AvgIpc) is 1.98. The van der Waals surface area contributed by atoms with Gasteiger partial charge in [0.1, 0.15) is 5.75 Å². The molecule has 1 aromatic carbocycles. The number of halogens is 3. The molecule has 0 aliphatic heterocycles. The minimum absolute atomic E-state index is 0.0326. The van der Waals surface area contributed by atoms with Crippen LogP contribution in [-0.4, -0.2) is 5.11 Å². The lowest BCUT2D eigenvalue weighted by Gasteiger charge is -2.12. The molecule has 1 N–H and O–H groups in total. The number of thiol groups is 1. The van der Waals surface area contributed by atoms with Crippen LogP contribution in [0.3, 0.4) is 0 Å². The normalized spacial score (nSPS) is 11.8. The molecule has 0 aliphatic carbocycles. The van der Waals surface area contributed by atoms with Crippen molar-refractivity contribution in [2.45, 2.75) is 18.0 Å². The standard InChI is InChI=1S/C8H7F3OS/c1-4-5(8(9,10)11)2-3-6(12)7(4)13/h2-3,12-13H,1H3. The molecule has 13 heavy (non-hydrogen) atoms. The number of benzene rings is 1. The molecule has 0 aliphatic rings. The number of hydrogen-bond acceptors (Lipinski definition) is 2. The van der Waals surface area contributed by atoms with Crippen LogP contribution >= 0.6 is 12.6 Å². The van der Waals surface area contributed by atoms with Crippen molar-refractivity contribution < 1.29 is 18.3 Å². The van der Waals surface area contributed by atoms with Gasteiger partial charge in [-0.05, 0) is 24.6 Å². The fourth-order valence-corrected chi connectivity index (χ4v) is 1.19. The van der Waals surface area contributed by atoms with Gasteiger partial charge in [0.2, 0.25) is 0 Å². The van der Waals surface area contributed by atoms with Crippen LogP contribution < -0.4 is 0 Å². The Morgan fingerprint density at radius 3 is 2.31 bits per heavy atom. The Morgan fingerprint density at radius 1 is 1.31 bits per heavy atom. The molecule has 0 atom stereocenters. The smallest absolute Gasteiger partial charge is 0.416 e. The van der Waals surface area contributed by atoms with E-state index in [1.807, 2.05) is 0 Å². The van der Waals surface area contributed by atoms with Crippen LogP contribution in [0.5, 0.6) is 5.75 Å². The lowest BCUT2D eigenvalue weighted by Crippen LogP contribution is -2.07. The van der Waals surface area contributed by atoms with Gasteiger partial charge in [0.25, 0.3) is 0 Å². The molecule has 5 heteroatoms. The minimum Gasteiger partial charge on any atom is -0.507 e. The monoisotopic (exact) mass is 208 g/mol. The second-order valence-electron chi connectivity index (χ2n) is 2.60. The van der Waals surface area contributed by atoms with E-state index in [9.17, 15) is 13.2 Å². The van der Waals surface area contributed by atoms with E-state index in [0.29, 0.717) is 0 Å². The molecular formula is C8H7F3OS. The molecule has 0 aromatic heterocycles. The van der Waals surface area contributed by atoms with Crippen LogP contribution in [0.15, 0.2) is 17.0 Å². The van der Waals surface area contributed by atoms with Gasteiger partial charge >= 0.3 is 6.18 Å². The van der Waals surface area contributed by atoms with Gasteiger partial charge in [-0.1, -0.05) is 0 Å². The number of rotatable bonds is 0. The Morgan fingerprint density at radius 2 is 1.85 bits per heavy atom. The first kappa shape index (κ1) is 10.2. The van der Waals surface area contributed by atoms with Crippen molar-refractivity contribution in [3.05, 3.63) is 23.3 Å². The Bertz CT molecular complexity index is 333. The fraction of sp³-hybridized carbons (Fsp3) is 0.250. The second kappa shape index (κ2) is 3.14. The zero-order valence-electron chi connectivity index (χ0n) is 6.68. The van der Waals surface area contributed by atoms with E-state index in [1.54, 1.807) is 0 Å². The van der Waals surface area contributed by atoms with Crippen molar-refractivity contribution in [2.75, 3.05) is 0 Å². The third-order valence-electron chi connectivity index (χ3n) is 1.72. The molecule has 0 bridgehead atoms. The Hall–Kier alpha value is -0.840. The summed E-state index contributed by atoms with van der Waals surface area (Å²) in [6.07, 6.45) is -4.39. The summed E-state index contributed by atoms with van der Waals surface area (Å²) < 4.78 is 36.7. The van der Waals surface area contributed by atoms with Crippen LogP contribution in [0, 0.1) is 6.92 Å². The van der Waals surface area contributed by atoms with Crippen LogP contribution in [-0.2, 0) is 6.18 Å². The minimum atomic E-state index is -4.39. The SMILES string of the molecule is Cc1c(C(F)(F)F)ccc(O)c1S. The second-order valence-corrected chi connectivity index (χ2v) is 3.05. The summed E-state index contributed by atoms with van der Waals surface area (Å²) in [6, 6.07) is 1.82. The molecule has 72 valence electrons. The van der Waals surface area contributed by atoms with Gasteiger partial charge in [-0.15, -0.1) is 12.6 Å². The van der Waals surface area contributed by atoms with Crippen LogP contribution in [0.4, 0.5) is 13.2 Å². The molecule has 1 nitrogen and oxygen atoms in total. The lowest BCUT2D eigenvalue weighted by atomic mass is 10.1. The predicted molar refractivity (Wildman–Crippen MR) is 45.1 cm³/mol. The summed E-state index contributed by atoms with van der Waals surface area (Å²) in [5, 5.41) is 9.05.